The van der Waals surface area contributed by atoms with E-state index in [1.54, 1.807) is 37.1 Å². The molecule has 3 nitrogen and oxygen atoms in total. The highest BCUT2D eigenvalue weighted by Gasteiger charge is 2.22. The van der Waals surface area contributed by atoms with Crippen LogP contribution in [0.5, 0.6) is 0 Å². The van der Waals surface area contributed by atoms with Crippen molar-refractivity contribution < 1.29 is 9.18 Å². The van der Waals surface area contributed by atoms with Gasteiger partial charge in [0.05, 0.1) is 0 Å². The molecule has 0 aromatic heterocycles. The molecule has 0 spiro atoms. The van der Waals surface area contributed by atoms with E-state index in [1.165, 1.54) is 12.1 Å². The topological polar surface area (TPSA) is 32.3 Å². The van der Waals surface area contributed by atoms with Crippen LogP contribution in [0.3, 0.4) is 0 Å². The number of carbonyl (C=O) groups is 1. The van der Waals surface area contributed by atoms with Crippen LogP contribution in [0.1, 0.15) is 18.9 Å². The Labute approximate surface area is 113 Å². The Bertz CT molecular complexity index is 493. The first-order valence-electron chi connectivity index (χ1n) is 6.50. The number of halogens is 1. The Kier molecular flexibility index (Phi) is 4.32. The molecule has 1 fully saturated rings. The highest BCUT2D eigenvalue weighted by molar-refractivity contribution is 5.95. The van der Waals surface area contributed by atoms with E-state index in [1.807, 2.05) is 0 Å². The third kappa shape index (κ3) is 3.20. The zero-order valence-corrected chi connectivity index (χ0v) is 11.3. The maximum absolute atomic E-state index is 13.6. The Balaban J connectivity index is 2.11. The van der Waals surface area contributed by atoms with Gasteiger partial charge in [-0.05, 0) is 31.5 Å². The second-order valence-electron chi connectivity index (χ2n) is 4.90. The van der Waals surface area contributed by atoms with Crippen LogP contribution in [0.2, 0.25) is 0 Å². The quantitative estimate of drug-likeness (QED) is 0.846. The fraction of sp³-hybridized carbons (Fsp3) is 0.400. The Morgan fingerprint density at radius 3 is 2.84 bits per heavy atom. The van der Waals surface area contributed by atoms with Gasteiger partial charge in [-0.25, -0.2) is 4.39 Å². The minimum absolute atomic E-state index is 0.0746. The Morgan fingerprint density at radius 2 is 2.21 bits per heavy atom. The van der Waals surface area contributed by atoms with Gasteiger partial charge in [-0.3, -0.25) is 4.79 Å². The molecule has 0 aliphatic carbocycles. The first kappa shape index (κ1) is 13.7. The summed E-state index contributed by atoms with van der Waals surface area (Å²) in [5.41, 5.74) is 1.13. The lowest BCUT2D eigenvalue weighted by Crippen LogP contribution is -2.37. The highest BCUT2D eigenvalue weighted by atomic mass is 19.1. The summed E-state index contributed by atoms with van der Waals surface area (Å²) in [4.78, 5) is 13.9. The van der Waals surface area contributed by atoms with Gasteiger partial charge >= 0.3 is 0 Å². The standard InChI is InChI=1S/C15H19FN2O/c1-11(13-5-3-4-6-14(13)16)9-15(19)18(2)12-7-8-17-10-12/h3-6,9,12,17H,7-8,10H2,1-2H3/b11-9+. The average Bonchev–Trinajstić information content (AvgIpc) is 2.92. The van der Waals surface area contributed by atoms with Crippen molar-refractivity contribution >= 4 is 11.5 Å². The summed E-state index contributed by atoms with van der Waals surface area (Å²) in [6, 6.07) is 6.74. The first-order chi connectivity index (χ1) is 9.09. The summed E-state index contributed by atoms with van der Waals surface area (Å²) >= 11 is 0. The van der Waals surface area contributed by atoms with Crippen molar-refractivity contribution in [2.24, 2.45) is 0 Å². The molecular formula is C15H19FN2O. The maximum Gasteiger partial charge on any atom is 0.246 e. The van der Waals surface area contributed by atoms with Gasteiger partial charge in [-0.2, -0.15) is 0 Å². The monoisotopic (exact) mass is 262 g/mol. The van der Waals surface area contributed by atoms with Gasteiger partial charge in [0, 0.05) is 31.3 Å². The summed E-state index contributed by atoms with van der Waals surface area (Å²) in [5.74, 6) is -0.372. The number of carbonyl (C=O) groups excluding carboxylic acids is 1. The van der Waals surface area contributed by atoms with Crippen LogP contribution in [0.25, 0.3) is 5.57 Å². The lowest BCUT2D eigenvalue weighted by atomic mass is 10.1. The van der Waals surface area contributed by atoms with Crippen molar-refractivity contribution in [2.45, 2.75) is 19.4 Å². The molecule has 19 heavy (non-hydrogen) atoms. The molecule has 1 amide bonds. The molecule has 0 bridgehead atoms. The van der Waals surface area contributed by atoms with Gasteiger partial charge in [-0.1, -0.05) is 18.2 Å². The van der Waals surface area contributed by atoms with Crippen LogP contribution in [-0.4, -0.2) is 37.0 Å². The summed E-state index contributed by atoms with van der Waals surface area (Å²) in [6.45, 7) is 3.53. The lowest BCUT2D eigenvalue weighted by molar-refractivity contribution is -0.126. The molecule has 4 heteroatoms. The molecule has 0 radical (unpaired) electrons. The number of amides is 1. The number of nitrogens with one attached hydrogen (secondary N) is 1. The van der Waals surface area contributed by atoms with E-state index in [0.717, 1.165) is 19.5 Å². The lowest BCUT2D eigenvalue weighted by Gasteiger charge is -2.22. The van der Waals surface area contributed by atoms with Crippen LogP contribution in [0, 0.1) is 5.82 Å². The normalized spacial score (nSPS) is 19.5. The summed E-state index contributed by atoms with van der Waals surface area (Å²) in [7, 11) is 1.80. The van der Waals surface area contributed by atoms with Crippen molar-refractivity contribution in [3.8, 4) is 0 Å². The summed E-state index contributed by atoms with van der Waals surface area (Å²) < 4.78 is 13.6. The van der Waals surface area contributed by atoms with Crippen molar-refractivity contribution in [1.29, 1.82) is 0 Å². The number of allylic oxidation sites excluding steroid dienone is 1. The van der Waals surface area contributed by atoms with Crippen LogP contribution >= 0.6 is 0 Å². The molecule has 0 saturated carbocycles. The molecule has 1 aromatic rings. The van der Waals surface area contributed by atoms with Crippen LogP contribution in [-0.2, 0) is 4.79 Å². The van der Waals surface area contributed by atoms with Gasteiger partial charge in [0.2, 0.25) is 5.91 Å². The zero-order valence-electron chi connectivity index (χ0n) is 11.3. The SMILES string of the molecule is C/C(=C\C(=O)N(C)C1CCNC1)c1ccccc1F. The molecular weight excluding hydrogens is 243 g/mol. The third-order valence-corrected chi connectivity index (χ3v) is 3.57. The van der Waals surface area contributed by atoms with Gasteiger partial charge < -0.3 is 10.2 Å². The largest absolute Gasteiger partial charge is 0.338 e. The van der Waals surface area contributed by atoms with Crippen LogP contribution < -0.4 is 5.32 Å². The molecule has 1 unspecified atom stereocenters. The summed E-state index contributed by atoms with van der Waals surface area (Å²) in [6.07, 6.45) is 2.48. The molecule has 1 atom stereocenters. The van der Waals surface area contributed by atoms with E-state index in [2.05, 4.69) is 5.32 Å². The second kappa shape index (κ2) is 5.97. The Morgan fingerprint density at radius 1 is 1.47 bits per heavy atom. The molecule has 102 valence electrons. The number of nitrogens with zero attached hydrogens (tertiary/aromatic N) is 1. The van der Waals surface area contributed by atoms with Gasteiger partial charge in [0.15, 0.2) is 0 Å². The van der Waals surface area contributed by atoms with Crippen LogP contribution in [0.15, 0.2) is 30.3 Å². The zero-order chi connectivity index (χ0) is 13.8. The van der Waals surface area contributed by atoms with Crippen molar-refractivity contribution in [3.05, 3.63) is 41.7 Å². The second-order valence-corrected chi connectivity index (χ2v) is 4.90. The number of benzene rings is 1. The number of hydrogen-bond donors (Lipinski definition) is 1. The fourth-order valence-corrected chi connectivity index (χ4v) is 2.30. The van der Waals surface area contributed by atoms with E-state index in [9.17, 15) is 9.18 Å². The molecule has 2 rings (SSSR count). The van der Waals surface area contributed by atoms with Gasteiger partial charge in [-0.15, -0.1) is 0 Å². The minimum atomic E-state index is -0.297. The molecule has 1 N–H and O–H groups in total. The van der Waals surface area contributed by atoms with E-state index in [4.69, 9.17) is 0 Å². The summed E-state index contributed by atoms with van der Waals surface area (Å²) in [5, 5.41) is 3.23. The minimum Gasteiger partial charge on any atom is -0.338 e. The van der Waals surface area contributed by atoms with Crippen molar-refractivity contribution in [2.75, 3.05) is 20.1 Å². The predicted octanol–water partition coefficient (Wildman–Crippen LogP) is 2.05. The fourth-order valence-electron chi connectivity index (χ4n) is 2.30. The van der Waals surface area contributed by atoms with Crippen LogP contribution in [0.4, 0.5) is 4.39 Å². The smallest absolute Gasteiger partial charge is 0.246 e. The number of likely N-dealkylation sites (N-methyl/N-ethyl adjacent to an activating group) is 1. The Hall–Kier alpha value is -1.68. The van der Waals surface area contributed by atoms with Gasteiger partial charge in [0.25, 0.3) is 0 Å². The molecule has 1 saturated heterocycles. The number of rotatable bonds is 3. The van der Waals surface area contributed by atoms with E-state index < -0.39 is 0 Å². The number of hydrogen-bond acceptors (Lipinski definition) is 2. The molecule has 1 aliphatic rings. The van der Waals surface area contributed by atoms with Crippen molar-refractivity contribution in [3.63, 3.8) is 0 Å². The van der Waals surface area contributed by atoms with Crippen molar-refractivity contribution in [1.82, 2.24) is 10.2 Å². The van der Waals surface area contributed by atoms with E-state index in [-0.39, 0.29) is 17.8 Å². The molecule has 1 aliphatic heterocycles. The van der Waals surface area contributed by atoms with Gasteiger partial charge in [0.1, 0.15) is 5.82 Å². The average molecular weight is 262 g/mol. The molecule has 1 aromatic carbocycles. The van der Waals surface area contributed by atoms with E-state index in [0.29, 0.717) is 11.1 Å². The van der Waals surface area contributed by atoms with E-state index >= 15 is 0 Å². The first-order valence-corrected chi connectivity index (χ1v) is 6.50. The third-order valence-electron chi connectivity index (χ3n) is 3.57. The predicted molar refractivity (Wildman–Crippen MR) is 74.1 cm³/mol. The maximum atomic E-state index is 13.6. The molecule has 1 heterocycles. The highest BCUT2D eigenvalue weighted by Crippen LogP contribution is 2.18.